The van der Waals surface area contributed by atoms with E-state index in [2.05, 4.69) is 84.1 Å². The second kappa shape index (κ2) is 46.9. The third kappa shape index (κ3) is 25.5. The maximum atomic E-state index is 14.0. The summed E-state index contributed by atoms with van der Waals surface area (Å²) in [6, 6.07) is 37.5. The SMILES string of the molecule is O=C(Nc1n[nH]c2ccc(Cc3cc(F)cc(F)c3)cc12)c1ccc(N2CCNCC2)cc1NC1CCOCC1.O=C(O)CCOCCOCCNc1ccc2c(c1)C(=O)N(C1CCC(=O)NC1=O)C2=O.O=C1CCC(N2C(=O)c3ccc(NCCOCCOCCC(=O)N4CCN(c5ccc(C(=O)Nc6n[nH]c7ccc(Cc8cc(F)cc(F)c8)cc67)c(NC6CCOCC6)c5)CC4)cc3C2=O)C(=O)N1. The highest BCUT2D eigenvalue weighted by Gasteiger charge is 2.47. The second-order valence-electron chi connectivity index (χ2n) is 35.0. The van der Waals surface area contributed by atoms with Crippen LogP contribution < -0.4 is 57.7 Å². The van der Waals surface area contributed by atoms with E-state index < -0.39 is 88.6 Å². The minimum Gasteiger partial charge on any atom is -0.481 e. The van der Waals surface area contributed by atoms with E-state index in [1.807, 2.05) is 65.6 Å². The third-order valence-corrected chi connectivity index (χ3v) is 25.2. The number of imide groups is 4. The Hall–Kier alpha value is -14.6. The van der Waals surface area contributed by atoms with Crippen LogP contribution in [0.25, 0.3) is 21.8 Å². The van der Waals surface area contributed by atoms with Gasteiger partial charge in [0.1, 0.15) is 35.4 Å². The number of aliphatic carboxylic acids is 1. The van der Waals surface area contributed by atoms with Crippen molar-refractivity contribution in [3.8, 4) is 0 Å². The van der Waals surface area contributed by atoms with Crippen molar-refractivity contribution in [2.45, 2.75) is 101 Å². The van der Waals surface area contributed by atoms with Gasteiger partial charge in [-0.25, -0.2) is 17.6 Å². The van der Waals surface area contributed by atoms with Gasteiger partial charge >= 0.3 is 5.97 Å². The summed E-state index contributed by atoms with van der Waals surface area (Å²) in [6.45, 7) is 11.7. The number of carbonyl (C=O) groups excluding carboxylic acids is 11. The van der Waals surface area contributed by atoms with E-state index in [1.165, 1.54) is 30.3 Å². The Morgan fingerprint density at radius 1 is 0.426 bits per heavy atom. The Labute approximate surface area is 806 Å². The standard InChI is InChI=1S/C50H53F2N9O9.C30H32F2N6O2.C20H23N3O8/c51-32-24-31(25-33(52)27-32)23-30-1-6-41-40(26-30)46(58-57-41)56-47(64)38-5-3-36(29-42(38)54-34-9-17-68-18-10-34)59-13-15-60(16-14-59)45(63)11-19-69-21-22-70-20-12-53-35-2-4-37-39(28-35)50(67)61(49(37)66)43-7-8-44(62)55-48(43)65;31-21-14-20(15-22(32)17-21)13-19-1-4-27-26(16-19)29(37-36-27)35-30(39)25-3-2-24(38-9-7-33-8-10-38)18-28(25)34-23-5-11-40-12-6-23;24-16-4-3-15(18(27)22-16)23-19(28)13-2-1-12(11-14(13)20(23)29)21-6-8-31-10-9-30-7-5-17(25)26/h1-6,24-29,34,43,53-54H,7-23H2,(H,55,62,65)(H2,56,57,58,64);1-4,14-18,23,33-34H,5-13H2,(H2,35,36,37,39);1-2,11,15,21H,3-10H2,(H,25,26)(H,22,24,27). The molecule has 6 saturated heterocycles. The zero-order valence-electron chi connectivity index (χ0n) is 77.1. The number of nitrogens with one attached hydrogen (secondary N) is 11. The van der Waals surface area contributed by atoms with Crippen molar-refractivity contribution in [1.82, 2.24) is 51.0 Å². The van der Waals surface area contributed by atoms with Crippen molar-refractivity contribution >= 4 is 139 Å². The molecule has 2 unspecified atom stereocenters. The highest BCUT2D eigenvalue weighted by atomic mass is 19.1. The number of amides is 11. The number of hydrogen-bond acceptors (Lipinski definition) is 27. The van der Waals surface area contributed by atoms with Crippen LogP contribution in [0.3, 0.4) is 0 Å². The molecule has 37 nitrogen and oxygen atoms in total. The topological polar surface area (TPSA) is 462 Å². The molecule has 12 N–H and O–H groups in total. The molecule has 0 spiro atoms. The fraction of sp³-hybridized carbons (Fsp3) is 0.380. The number of carboxylic acids is 1. The maximum Gasteiger partial charge on any atom is 0.305 e. The lowest BCUT2D eigenvalue weighted by molar-refractivity contribution is -0.139. The number of anilines is 8. The van der Waals surface area contributed by atoms with E-state index in [4.69, 9.17) is 33.5 Å². The molecule has 2 atom stereocenters. The van der Waals surface area contributed by atoms with Gasteiger partial charge in [0.15, 0.2) is 11.6 Å². The van der Waals surface area contributed by atoms with Gasteiger partial charge in [-0.3, -0.25) is 88.2 Å². The number of aromatic nitrogens is 4. The number of piperidine rings is 2. The van der Waals surface area contributed by atoms with E-state index >= 15 is 0 Å². The van der Waals surface area contributed by atoms with Crippen LogP contribution in [0.4, 0.5) is 63.3 Å². The number of piperazine rings is 2. The molecule has 10 aromatic rings. The molecule has 0 aliphatic carbocycles. The molecule has 18 rings (SSSR count). The summed E-state index contributed by atoms with van der Waals surface area (Å²) in [5, 5.41) is 51.6. The normalized spacial score (nSPS) is 17.3. The first kappa shape index (κ1) is 99.4. The van der Waals surface area contributed by atoms with E-state index in [0.717, 1.165) is 113 Å². The number of nitrogens with zero attached hydrogens (tertiary/aromatic N) is 7. The monoisotopic (exact) mass is 1940 g/mol. The van der Waals surface area contributed by atoms with Crippen molar-refractivity contribution in [2.24, 2.45) is 0 Å². The van der Waals surface area contributed by atoms with Crippen molar-refractivity contribution in [1.29, 1.82) is 0 Å². The fourth-order valence-corrected chi connectivity index (χ4v) is 18.0. The number of H-pyrrole nitrogens is 2. The van der Waals surface area contributed by atoms with Crippen molar-refractivity contribution in [3.05, 3.63) is 224 Å². The lowest BCUT2D eigenvalue weighted by Crippen LogP contribution is -2.54. The summed E-state index contributed by atoms with van der Waals surface area (Å²) >= 11 is 0. The molecule has 2 aromatic heterocycles. The smallest absolute Gasteiger partial charge is 0.305 e. The zero-order chi connectivity index (χ0) is 98.6. The first-order chi connectivity index (χ1) is 68.4. The predicted molar refractivity (Wildman–Crippen MR) is 511 cm³/mol. The lowest BCUT2D eigenvalue weighted by Gasteiger charge is -2.36. The summed E-state index contributed by atoms with van der Waals surface area (Å²) in [5.41, 5.74) is 10.5. The van der Waals surface area contributed by atoms with Gasteiger partial charge in [-0.05, 0) is 195 Å². The minimum atomic E-state index is -1.03. The molecular weight excluding hydrogens is 1830 g/mol. The summed E-state index contributed by atoms with van der Waals surface area (Å²) in [7, 11) is 0. The van der Waals surface area contributed by atoms with Crippen LogP contribution in [0.15, 0.2) is 146 Å². The Bertz CT molecular complexity index is 6290. The van der Waals surface area contributed by atoms with E-state index in [1.54, 1.807) is 36.4 Å². The number of hydrogen-bond donors (Lipinski definition) is 12. The maximum absolute atomic E-state index is 14.0. The van der Waals surface area contributed by atoms with E-state index in [9.17, 15) is 75.1 Å². The van der Waals surface area contributed by atoms with Gasteiger partial charge in [0, 0.05) is 174 Å². The molecule has 141 heavy (non-hydrogen) atoms. The molecule has 8 aliphatic rings. The highest BCUT2D eigenvalue weighted by molar-refractivity contribution is 6.25. The van der Waals surface area contributed by atoms with Crippen LogP contribution in [0.2, 0.25) is 0 Å². The quantitative estimate of drug-likeness (QED) is 0.00987. The largest absolute Gasteiger partial charge is 0.481 e. The average molecular weight is 1940 g/mol. The van der Waals surface area contributed by atoms with Gasteiger partial charge < -0.3 is 85.4 Å². The Morgan fingerprint density at radius 2 is 0.837 bits per heavy atom. The molecular formula is C100H108F4N18O19. The number of halogens is 4. The lowest BCUT2D eigenvalue weighted by atomic mass is 10.0. The summed E-state index contributed by atoms with van der Waals surface area (Å²) in [4.78, 5) is 158. The molecule has 8 aliphatic heterocycles. The highest BCUT2D eigenvalue weighted by Crippen LogP contribution is 2.37. The van der Waals surface area contributed by atoms with Crippen LogP contribution in [0, 0.1) is 23.3 Å². The van der Waals surface area contributed by atoms with Gasteiger partial charge in [0.05, 0.1) is 110 Å². The Balaban J connectivity index is 0.000000169. The molecule has 0 saturated carbocycles. The average Bonchev–Trinajstić information content (AvgIpc) is 1.61. The number of fused-ring (bicyclic) bond motifs is 4. The minimum absolute atomic E-state index is 0.00529. The summed E-state index contributed by atoms with van der Waals surface area (Å²) in [5.74, 6) is -7.74. The molecule has 0 bridgehead atoms. The Morgan fingerprint density at radius 3 is 1.26 bits per heavy atom. The number of aromatic amines is 2. The van der Waals surface area contributed by atoms with E-state index in [-0.39, 0.29) is 110 Å². The Kier molecular flexibility index (Phi) is 33.1. The zero-order valence-corrected chi connectivity index (χ0v) is 77.1. The van der Waals surface area contributed by atoms with Gasteiger partial charge in [-0.15, -0.1) is 0 Å². The fourth-order valence-electron chi connectivity index (χ4n) is 18.0. The van der Waals surface area contributed by atoms with Crippen LogP contribution >= 0.6 is 0 Å². The number of rotatable bonds is 36. The second-order valence-corrected chi connectivity index (χ2v) is 35.0. The number of benzene rings is 8. The molecule has 8 aromatic carbocycles. The van der Waals surface area contributed by atoms with Crippen LogP contribution in [0.1, 0.15) is 149 Å². The summed E-state index contributed by atoms with van der Waals surface area (Å²) in [6.07, 6.45) is 4.44. The van der Waals surface area contributed by atoms with Crippen LogP contribution in [-0.4, -0.2) is 280 Å². The third-order valence-electron chi connectivity index (χ3n) is 25.2. The van der Waals surface area contributed by atoms with Gasteiger partial charge in [0.25, 0.3) is 35.4 Å². The number of ether oxygens (including phenoxy) is 6. The van der Waals surface area contributed by atoms with E-state index in [0.29, 0.717) is 174 Å². The van der Waals surface area contributed by atoms with Crippen molar-refractivity contribution < 1.29 is 109 Å². The molecule has 11 amide bonds. The summed E-state index contributed by atoms with van der Waals surface area (Å²) < 4.78 is 88.1. The number of carbonyl (C=O) groups is 12. The number of carboxylic acid groups (broad SMARTS) is 1. The predicted octanol–water partition coefficient (Wildman–Crippen LogP) is 9.55. The first-order valence-corrected chi connectivity index (χ1v) is 47.0. The molecule has 740 valence electrons. The van der Waals surface area contributed by atoms with Crippen LogP contribution in [-0.2, 0) is 70.0 Å². The van der Waals surface area contributed by atoms with Crippen LogP contribution in [0.5, 0.6) is 0 Å². The molecule has 41 heteroatoms. The van der Waals surface area contributed by atoms with Crippen molar-refractivity contribution in [3.63, 3.8) is 0 Å². The molecule has 10 heterocycles. The molecule has 0 radical (unpaired) electrons. The van der Waals surface area contributed by atoms with Gasteiger partial charge in [-0.2, -0.15) is 10.2 Å². The van der Waals surface area contributed by atoms with Gasteiger partial charge in [0.2, 0.25) is 29.5 Å². The first-order valence-electron chi connectivity index (χ1n) is 47.0. The molecule has 6 fully saturated rings. The van der Waals surface area contributed by atoms with Gasteiger partial charge in [-0.1, -0.05) is 12.1 Å². The van der Waals surface area contributed by atoms with Crippen molar-refractivity contribution in [2.75, 3.05) is 186 Å².